The van der Waals surface area contributed by atoms with E-state index in [-0.39, 0.29) is 17.2 Å². The van der Waals surface area contributed by atoms with Crippen LogP contribution < -0.4 is 4.74 Å². The van der Waals surface area contributed by atoms with Gasteiger partial charge in [0, 0.05) is 31.1 Å². The quantitative estimate of drug-likeness (QED) is 0.431. The zero-order chi connectivity index (χ0) is 18.5. The Hall–Kier alpha value is -2.73. The predicted molar refractivity (Wildman–Crippen MR) is 98.8 cm³/mol. The number of ketones is 1. The normalized spacial score (nSPS) is 17.2. The van der Waals surface area contributed by atoms with E-state index < -0.39 is 4.92 Å². The molecular formula is C20H22N2O4. The monoisotopic (exact) mass is 354 g/mol. The lowest BCUT2D eigenvalue weighted by Crippen LogP contribution is -2.23. The molecule has 1 heterocycles. The maximum atomic E-state index is 12.5. The first-order valence-corrected chi connectivity index (χ1v) is 8.71. The van der Waals surface area contributed by atoms with Gasteiger partial charge in [-0.1, -0.05) is 30.3 Å². The molecule has 6 heteroatoms. The smallest absolute Gasteiger partial charge is 0.310 e. The highest BCUT2D eigenvalue weighted by Gasteiger charge is 2.24. The van der Waals surface area contributed by atoms with Crippen molar-refractivity contribution in [2.24, 2.45) is 0 Å². The summed E-state index contributed by atoms with van der Waals surface area (Å²) in [6.07, 6.45) is 1.49. The van der Waals surface area contributed by atoms with Crippen LogP contribution in [0.2, 0.25) is 0 Å². The van der Waals surface area contributed by atoms with Crippen LogP contribution in [0, 0.1) is 10.1 Å². The first kappa shape index (κ1) is 18.1. The molecule has 0 N–H and O–H groups in total. The summed E-state index contributed by atoms with van der Waals surface area (Å²) < 4.78 is 5.03. The first-order chi connectivity index (χ1) is 12.6. The molecule has 2 aromatic carbocycles. The molecule has 1 saturated heterocycles. The van der Waals surface area contributed by atoms with Gasteiger partial charge in [-0.25, -0.2) is 0 Å². The van der Waals surface area contributed by atoms with Crippen molar-refractivity contribution in [3.8, 4) is 5.75 Å². The number of hydrogen-bond donors (Lipinski definition) is 0. The molecule has 0 aromatic heterocycles. The van der Waals surface area contributed by atoms with E-state index in [1.54, 1.807) is 0 Å². The van der Waals surface area contributed by atoms with Gasteiger partial charge in [0.15, 0.2) is 11.5 Å². The average Bonchev–Trinajstić information content (AvgIpc) is 3.15. The molecule has 0 amide bonds. The van der Waals surface area contributed by atoms with Crippen LogP contribution in [0.3, 0.4) is 0 Å². The van der Waals surface area contributed by atoms with Crippen molar-refractivity contribution in [2.45, 2.75) is 18.8 Å². The van der Waals surface area contributed by atoms with Gasteiger partial charge in [-0.2, -0.15) is 0 Å². The fourth-order valence-corrected chi connectivity index (χ4v) is 3.44. The topological polar surface area (TPSA) is 72.7 Å². The van der Waals surface area contributed by atoms with Crippen molar-refractivity contribution < 1.29 is 14.5 Å². The summed E-state index contributed by atoms with van der Waals surface area (Å²) in [6.45, 7) is 2.64. The maximum Gasteiger partial charge on any atom is 0.310 e. The van der Waals surface area contributed by atoms with E-state index in [0.717, 1.165) is 19.5 Å². The molecule has 6 nitrogen and oxygen atoms in total. The third kappa shape index (κ3) is 4.08. The SMILES string of the molecule is COc1cc(C(=O)CCN2CC[C@@H](c3ccccc3)C2)ccc1[N+](=O)[O-]. The zero-order valence-electron chi connectivity index (χ0n) is 14.8. The molecular weight excluding hydrogens is 332 g/mol. The Balaban J connectivity index is 1.57. The highest BCUT2D eigenvalue weighted by Crippen LogP contribution is 2.29. The van der Waals surface area contributed by atoms with Crippen LogP contribution >= 0.6 is 0 Å². The Bertz CT molecular complexity index is 792. The van der Waals surface area contributed by atoms with Crippen LogP contribution in [-0.2, 0) is 0 Å². The number of benzene rings is 2. The van der Waals surface area contributed by atoms with E-state index in [4.69, 9.17) is 4.74 Å². The van der Waals surface area contributed by atoms with Crippen molar-refractivity contribution in [3.63, 3.8) is 0 Å². The number of hydrogen-bond acceptors (Lipinski definition) is 5. The molecule has 3 rings (SSSR count). The molecule has 2 aromatic rings. The van der Waals surface area contributed by atoms with E-state index in [9.17, 15) is 14.9 Å². The van der Waals surface area contributed by atoms with Crippen molar-refractivity contribution in [1.29, 1.82) is 0 Å². The molecule has 0 aliphatic carbocycles. The van der Waals surface area contributed by atoms with Gasteiger partial charge in [0.05, 0.1) is 12.0 Å². The molecule has 0 bridgehead atoms. The van der Waals surface area contributed by atoms with Gasteiger partial charge < -0.3 is 9.64 Å². The van der Waals surface area contributed by atoms with Crippen LogP contribution in [0.1, 0.15) is 34.7 Å². The summed E-state index contributed by atoms with van der Waals surface area (Å²) in [7, 11) is 1.37. The molecule has 0 unspecified atom stereocenters. The number of Topliss-reactive ketones (excluding diaryl/α,β-unsaturated/α-hetero) is 1. The lowest BCUT2D eigenvalue weighted by Gasteiger charge is -2.16. The summed E-state index contributed by atoms with van der Waals surface area (Å²) in [4.78, 5) is 25.2. The minimum absolute atomic E-state index is 0.0265. The number of nitrogens with zero attached hydrogens (tertiary/aromatic N) is 2. The number of likely N-dealkylation sites (tertiary alicyclic amines) is 1. The van der Waals surface area contributed by atoms with Gasteiger partial charge in [0.1, 0.15) is 0 Å². The van der Waals surface area contributed by atoms with Gasteiger partial charge in [-0.05, 0) is 36.6 Å². The number of carbonyl (C=O) groups excluding carboxylic acids is 1. The van der Waals surface area contributed by atoms with Gasteiger partial charge >= 0.3 is 5.69 Å². The molecule has 1 aliphatic heterocycles. The van der Waals surface area contributed by atoms with Crippen molar-refractivity contribution >= 4 is 11.5 Å². The maximum absolute atomic E-state index is 12.5. The van der Waals surface area contributed by atoms with Gasteiger partial charge in [0.25, 0.3) is 0 Å². The van der Waals surface area contributed by atoms with Crippen molar-refractivity contribution in [3.05, 3.63) is 69.8 Å². The number of methoxy groups -OCH3 is 1. The number of ether oxygens (including phenoxy) is 1. The third-order valence-corrected chi connectivity index (χ3v) is 4.90. The van der Waals surface area contributed by atoms with Crippen molar-refractivity contribution in [1.82, 2.24) is 4.90 Å². The van der Waals surface area contributed by atoms with Gasteiger partial charge in [0.2, 0.25) is 0 Å². The van der Waals surface area contributed by atoms with E-state index in [2.05, 4.69) is 29.2 Å². The lowest BCUT2D eigenvalue weighted by molar-refractivity contribution is -0.385. The number of rotatable bonds is 7. The predicted octanol–water partition coefficient (Wildman–Crippen LogP) is 3.67. The molecule has 1 atom stereocenters. The summed E-state index contributed by atoms with van der Waals surface area (Å²) >= 11 is 0. The summed E-state index contributed by atoms with van der Waals surface area (Å²) in [5.41, 5.74) is 1.67. The second-order valence-corrected chi connectivity index (χ2v) is 6.51. The van der Waals surface area contributed by atoms with Crippen LogP contribution in [0.15, 0.2) is 48.5 Å². The molecule has 1 aliphatic rings. The van der Waals surface area contributed by atoms with Crippen LogP contribution in [0.4, 0.5) is 5.69 Å². The molecule has 26 heavy (non-hydrogen) atoms. The standard InChI is InChI=1S/C20H22N2O4/c1-26-20-13-16(7-8-18(20)22(24)25)19(23)10-12-21-11-9-17(14-21)15-5-3-2-4-6-15/h2-8,13,17H,9-12,14H2,1H3/t17-/m1/s1. The van der Waals surface area contributed by atoms with Gasteiger partial charge in [-0.15, -0.1) is 0 Å². The van der Waals surface area contributed by atoms with E-state index in [0.29, 0.717) is 24.4 Å². The van der Waals surface area contributed by atoms with Crippen LogP contribution in [0.25, 0.3) is 0 Å². The van der Waals surface area contributed by atoms with E-state index >= 15 is 0 Å². The molecule has 1 fully saturated rings. The Morgan fingerprint density at radius 1 is 1.27 bits per heavy atom. The second-order valence-electron chi connectivity index (χ2n) is 6.51. The van der Waals surface area contributed by atoms with E-state index in [1.165, 1.54) is 30.9 Å². The number of carbonyl (C=O) groups is 1. The minimum atomic E-state index is -0.513. The molecule has 136 valence electrons. The number of nitro groups is 1. The Morgan fingerprint density at radius 2 is 2.04 bits per heavy atom. The third-order valence-electron chi connectivity index (χ3n) is 4.90. The lowest BCUT2D eigenvalue weighted by atomic mass is 9.99. The van der Waals surface area contributed by atoms with Crippen LogP contribution in [0.5, 0.6) is 5.75 Å². The largest absolute Gasteiger partial charge is 0.490 e. The van der Waals surface area contributed by atoms with E-state index in [1.807, 2.05) is 6.07 Å². The highest BCUT2D eigenvalue weighted by atomic mass is 16.6. The fourth-order valence-electron chi connectivity index (χ4n) is 3.44. The molecule has 0 radical (unpaired) electrons. The zero-order valence-corrected chi connectivity index (χ0v) is 14.8. The highest BCUT2D eigenvalue weighted by molar-refractivity contribution is 5.97. The average molecular weight is 354 g/mol. The molecule has 0 spiro atoms. The second kappa shape index (κ2) is 8.10. The Kier molecular flexibility index (Phi) is 5.63. The Morgan fingerprint density at radius 3 is 2.73 bits per heavy atom. The van der Waals surface area contributed by atoms with Gasteiger partial charge in [-0.3, -0.25) is 14.9 Å². The summed E-state index contributed by atoms with van der Waals surface area (Å²) in [5, 5.41) is 10.9. The Labute approximate surface area is 152 Å². The summed E-state index contributed by atoms with van der Waals surface area (Å²) in [6, 6.07) is 14.7. The fraction of sp³-hybridized carbons (Fsp3) is 0.350. The van der Waals surface area contributed by atoms with Crippen LogP contribution in [-0.4, -0.2) is 42.4 Å². The molecule has 0 saturated carbocycles. The minimum Gasteiger partial charge on any atom is -0.490 e. The first-order valence-electron chi connectivity index (χ1n) is 8.71. The number of nitro benzene ring substituents is 1. The summed E-state index contributed by atoms with van der Waals surface area (Å²) in [5.74, 6) is 0.610. The van der Waals surface area contributed by atoms with Crippen molar-refractivity contribution in [2.75, 3.05) is 26.7 Å².